The van der Waals surface area contributed by atoms with Gasteiger partial charge in [0.1, 0.15) is 5.76 Å². The smallest absolute Gasteiger partial charge is 0.291 e. The summed E-state index contributed by atoms with van der Waals surface area (Å²) in [5, 5.41) is 7.25. The van der Waals surface area contributed by atoms with Crippen LogP contribution in [0.15, 0.2) is 58.3 Å². The molecule has 0 unspecified atom stereocenters. The molecule has 0 saturated heterocycles. The van der Waals surface area contributed by atoms with Gasteiger partial charge in [-0.2, -0.15) is 5.10 Å². The molecule has 0 saturated carbocycles. The number of nitrogens with zero attached hydrogens (tertiary/aromatic N) is 2. The number of hydrazone groups is 1. The van der Waals surface area contributed by atoms with Crippen molar-refractivity contribution in [3.8, 4) is 0 Å². The second-order valence-corrected chi connectivity index (χ2v) is 8.18. The molecule has 0 fully saturated rings. The predicted octanol–water partition coefficient (Wildman–Crippen LogP) is 4.83. The fraction of sp³-hybridized carbons (Fsp3) is 0.280. The highest BCUT2D eigenvalue weighted by Crippen LogP contribution is 2.30. The first kappa shape index (κ1) is 21.5. The molecule has 7 nitrogen and oxygen atoms in total. The van der Waals surface area contributed by atoms with Crippen LogP contribution in [0, 0.1) is 6.92 Å². The number of amides is 2. The lowest BCUT2D eigenvalue weighted by Gasteiger charge is -2.13. The van der Waals surface area contributed by atoms with Crippen LogP contribution in [0.25, 0.3) is 0 Å². The molecular weight excluding hydrogens is 404 g/mol. The maximum absolute atomic E-state index is 12.9. The van der Waals surface area contributed by atoms with Crippen molar-refractivity contribution in [3.05, 3.63) is 82.6 Å². The molecule has 2 heterocycles. The maximum Gasteiger partial charge on any atom is 0.291 e. The number of hydrogen-bond acceptors (Lipinski definition) is 5. The third-order valence-electron chi connectivity index (χ3n) is 5.58. The van der Waals surface area contributed by atoms with E-state index in [9.17, 15) is 9.59 Å². The quantitative estimate of drug-likeness (QED) is 0.567. The Labute approximate surface area is 186 Å². The average molecular weight is 431 g/mol. The first-order valence-corrected chi connectivity index (χ1v) is 10.7. The van der Waals surface area contributed by atoms with Crippen molar-refractivity contribution in [2.24, 2.45) is 5.10 Å². The lowest BCUT2D eigenvalue weighted by Crippen LogP contribution is -2.22. The third kappa shape index (κ3) is 4.46. The first-order chi connectivity index (χ1) is 15.4. The van der Waals surface area contributed by atoms with Crippen LogP contribution in [0.2, 0.25) is 0 Å². The molecule has 3 aromatic rings. The molecule has 32 heavy (non-hydrogen) atoms. The molecule has 0 radical (unpaired) electrons. The normalized spacial score (nSPS) is 14.3. The van der Waals surface area contributed by atoms with Gasteiger partial charge in [-0.15, -0.1) is 0 Å². The van der Waals surface area contributed by atoms with E-state index in [0.717, 1.165) is 29.7 Å². The van der Waals surface area contributed by atoms with E-state index in [4.69, 9.17) is 4.42 Å². The second-order valence-electron chi connectivity index (χ2n) is 8.18. The Hall–Kier alpha value is -3.74. The topological polar surface area (TPSA) is 96.6 Å². The van der Waals surface area contributed by atoms with Crippen LogP contribution in [0.4, 0.5) is 5.69 Å². The van der Waals surface area contributed by atoms with Crippen LogP contribution in [0.1, 0.15) is 76.0 Å². The first-order valence-electron chi connectivity index (χ1n) is 10.7. The van der Waals surface area contributed by atoms with E-state index in [0.29, 0.717) is 29.3 Å². The Bertz CT molecular complexity index is 1160. The SMILES string of the molecule is Cc1c(C(=O)Nc2ccc(C(C)C)cc2)oc2c1/C(=N/NC(=O)c1cccnc1)CCC2. The number of hydrogen-bond donors (Lipinski definition) is 2. The van der Waals surface area contributed by atoms with Crippen LogP contribution in [-0.2, 0) is 6.42 Å². The zero-order chi connectivity index (χ0) is 22.7. The van der Waals surface area contributed by atoms with Crippen LogP contribution < -0.4 is 10.7 Å². The number of aromatic nitrogens is 1. The van der Waals surface area contributed by atoms with Gasteiger partial charge in [-0.3, -0.25) is 14.6 Å². The Kier molecular flexibility index (Phi) is 6.16. The molecule has 1 aliphatic rings. The van der Waals surface area contributed by atoms with E-state index in [1.807, 2.05) is 31.2 Å². The van der Waals surface area contributed by atoms with Crippen LogP contribution in [-0.4, -0.2) is 22.5 Å². The van der Waals surface area contributed by atoms with E-state index in [1.54, 1.807) is 18.3 Å². The van der Waals surface area contributed by atoms with Gasteiger partial charge in [0.25, 0.3) is 11.8 Å². The van der Waals surface area contributed by atoms with Gasteiger partial charge in [0.15, 0.2) is 5.76 Å². The highest BCUT2D eigenvalue weighted by atomic mass is 16.4. The Morgan fingerprint density at radius 1 is 1.09 bits per heavy atom. The van der Waals surface area contributed by atoms with Crippen molar-refractivity contribution in [1.29, 1.82) is 0 Å². The van der Waals surface area contributed by atoms with Gasteiger partial charge < -0.3 is 9.73 Å². The van der Waals surface area contributed by atoms with Crippen LogP contribution >= 0.6 is 0 Å². The van der Waals surface area contributed by atoms with Crippen molar-refractivity contribution in [2.45, 2.75) is 46.0 Å². The van der Waals surface area contributed by atoms with Crippen molar-refractivity contribution in [3.63, 3.8) is 0 Å². The molecule has 0 bridgehead atoms. The average Bonchev–Trinajstić information content (AvgIpc) is 3.15. The summed E-state index contributed by atoms with van der Waals surface area (Å²) in [6, 6.07) is 11.2. The zero-order valence-corrected chi connectivity index (χ0v) is 18.4. The molecule has 2 aromatic heterocycles. The minimum absolute atomic E-state index is 0.274. The van der Waals surface area contributed by atoms with Crippen molar-refractivity contribution in [2.75, 3.05) is 5.32 Å². The number of nitrogens with one attached hydrogen (secondary N) is 2. The van der Waals surface area contributed by atoms with E-state index in [-0.39, 0.29) is 17.6 Å². The van der Waals surface area contributed by atoms with E-state index in [2.05, 4.69) is 34.7 Å². The number of carbonyl (C=O) groups excluding carboxylic acids is 2. The monoisotopic (exact) mass is 430 g/mol. The molecule has 2 amide bonds. The number of fused-ring (bicyclic) bond motifs is 1. The van der Waals surface area contributed by atoms with Gasteiger partial charge in [-0.25, -0.2) is 5.43 Å². The van der Waals surface area contributed by atoms with E-state index < -0.39 is 0 Å². The van der Waals surface area contributed by atoms with Gasteiger partial charge in [-0.1, -0.05) is 26.0 Å². The fourth-order valence-electron chi connectivity index (χ4n) is 3.82. The third-order valence-corrected chi connectivity index (χ3v) is 5.58. The second kappa shape index (κ2) is 9.18. The lowest BCUT2D eigenvalue weighted by molar-refractivity contribution is 0.0953. The summed E-state index contributed by atoms with van der Waals surface area (Å²) in [5.74, 6) is 0.796. The van der Waals surface area contributed by atoms with Gasteiger partial charge >= 0.3 is 0 Å². The number of rotatable bonds is 5. The molecular formula is C25H26N4O3. The molecule has 0 aliphatic heterocycles. The molecule has 4 rings (SSSR count). The lowest BCUT2D eigenvalue weighted by atomic mass is 9.93. The highest BCUT2D eigenvalue weighted by molar-refractivity contribution is 6.09. The largest absolute Gasteiger partial charge is 0.455 e. The molecule has 0 atom stereocenters. The minimum atomic E-state index is -0.332. The molecule has 7 heteroatoms. The van der Waals surface area contributed by atoms with Gasteiger partial charge in [-0.05, 0) is 55.5 Å². The molecule has 0 spiro atoms. The standard InChI is InChI=1S/C25H26N4O3/c1-15(2)17-9-11-19(12-10-17)27-25(31)23-16(3)22-20(7-4-8-21(22)32-23)28-29-24(30)18-6-5-13-26-14-18/h5-6,9-15H,4,7-8H2,1-3H3,(H,27,31)(H,29,30)/b28-20+. The summed E-state index contributed by atoms with van der Waals surface area (Å²) < 4.78 is 5.94. The van der Waals surface area contributed by atoms with Crippen molar-refractivity contribution in [1.82, 2.24) is 10.4 Å². The van der Waals surface area contributed by atoms with Gasteiger partial charge in [0.2, 0.25) is 0 Å². The zero-order valence-electron chi connectivity index (χ0n) is 18.4. The molecule has 1 aromatic carbocycles. The maximum atomic E-state index is 12.9. The highest BCUT2D eigenvalue weighted by Gasteiger charge is 2.28. The Balaban J connectivity index is 1.54. The molecule has 164 valence electrons. The molecule has 2 N–H and O–H groups in total. The fourth-order valence-corrected chi connectivity index (χ4v) is 3.82. The summed E-state index contributed by atoms with van der Waals surface area (Å²) in [4.78, 5) is 29.2. The summed E-state index contributed by atoms with van der Waals surface area (Å²) in [7, 11) is 0. The number of benzene rings is 1. The Morgan fingerprint density at radius 3 is 2.56 bits per heavy atom. The summed E-state index contributed by atoms with van der Waals surface area (Å²) in [5.41, 5.74) is 7.20. The van der Waals surface area contributed by atoms with E-state index in [1.165, 1.54) is 11.8 Å². The summed E-state index contributed by atoms with van der Waals surface area (Å²) in [6.45, 7) is 6.11. The summed E-state index contributed by atoms with van der Waals surface area (Å²) >= 11 is 0. The van der Waals surface area contributed by atoms with Crippen LogP contribution in [0.5, 0.6) is 0 Å². The number of pyridine rings is 1. The van der Waals surface area contributed by atoms with E-state index >= 15 is 0 Å². The summed E-state index contributed by atoms with van der Waals surface area (Å²) in [6.07, 6.45) is 5.34. The van der Waals surface area contributed by atoms with Gasteiger partial charge in [0.05, 0.1) is 11.3 Å². The number of aryl methyl sites for hydroxylation is 1. The number of furan rings is 1. The minimum Gasteiger partial charge on any atom is -0.455 e. The molecule has 1 aliphatic carbocycles. The van der Waals surface area contributed by atoms with Gasteiger partial charge in [0, 0.05) is 35.6 Å². The van der Waals surface area contributed by atoms with Crippen molar-refractivity contribution < 1.29 is 14.0 Å². The number of anilines is 1. The van der Waals surface area contributed by atoms with Crippen molar-refractivity contribution >= 4 is 23.2 Å². The Morgan fingerprint density at radius 2 is 1.88 bits per heavy atom. The van der Waals surface area contributed by atoms with Crippen LogP contribution in [0.3, 0.4) is 0 Å². The predicted molar refractivity (Wildman–Crippen MR) is 123 cm³/mol. The number of carbonyl (C=O) groups is 2.